The van der Waals surface area contributed by atoms with Crippen LogP contribution in [0.15, 0.2) is 23.1 Å². The molecule has 0 amide bonds. The Balaban J connectivity index is 2.14. The van der Waals surface area contributed by atoms with Gasteiger partial charge in [0.1, 0.15) is 5.52 Å². The summed E-state index contributed by atoms with van der Waals surface area (Å²) in [7, 11) is -3.34. The number of ether oxygens (including phenoxy) is 1. The Morgan fingerprint density at radius 1 is 1.48 bits per heavy atom. The second-order valence-electron chi connectivity index (χ2n) is 5.85. The van der Waals surface area contributed by atoms with Gasteiger partial charge in [0.2, 0.25) is 5.95 Å². The first kappa shape index (κ1) is 14.3. The number of aromatic nitrogens is 2. The standard InChI is InChI=1S/C14H19N3O3S/c1-14(7-4-8-20-14)9-17-10-5-3-6-11(21(2,18)19)12(10)16-13(17)15/h3,5-6H,4,7-9H2,1-2H3,(H2,15,16). The number of imidazole rings is 1. The Morgan fingerprint density at radius 2 is 2.24 bits per heavy atom. The predicted molar refractivity (Wildman–Crippen MR) is 80.8 cm³/mol. The molecule has 2 N–H and O–H groups in total. The lowest BCUT2D eigenvalue weighted by atomic mass is 10.0. The summed E-state index contributed by atoms with van der Waals surface area (Å²) in [4.78, 5) is 4.47. The van der Waals surface area contributed by atoms with E-state index in [0.717, 1.165) is 25.0 Å². The SMILES string of the molecule is CC1(Cn2c(N)nc3c(S(C)(=O)=O)cccc32)CCCO1. The van der Waals surface area contributed by atoms with E-state index < -0.39 is 9.84 Å². The van der Waals surface area contributed by atoms with Crippen molar-refractivity contribution in [1.29, 1.82) is 0 Å². The molecule has 1 aliphatic heterocycles. The van der Waals surface area contributed by atoms with Gasteiger partial charge in [-0.05, 0) is 31.9 Å². The second-order valence-corrected chi connectivity index (χ2v) is 7.84. The minimum atomic E-state index is -3.34. The van der Waals surface area contributed by atoms with E-state index in [1.807, 2.05) is 17.6 Å². The summed E-state index contributed by atoms with van der Waals surface area (Å²) in [6.45, 7) is 3.37. The van der Waals surface area contributed by atoms with E-state index in [4.69, 9.17) is 10.5 Å². The van der Waals surface area contributed by atoms with Gasteiger partial charge in [0.05, 0.1) is 22.6 Å². The third-order valence-corrected chi connectivity index (χ3v) is 5.09. The number of rotatable bonds is 3. The van der Waals surface area contributed by atoms with Crippen LogP contribution in [-0.2, 0) is 21.1 Å². The molecule has 0 spiro atoms. The zero-order valence-corrected chi connectivity index (χ0v) is 13.0. The number of nitrogens with two attached hydrogens (primary N) is 1. The molecule has 1 atom stereocenters. The normalized spacial score (nSPS) is 23.0. The maximum Gasteiger partial charge on any atom is 0.201 e. The van der Waals surface area contributed by atoms with Crippen LogP contribution in [0.4, 0.5) is 5.95 Å². The zero-order chi connectivity index (χ0) is 15.3. The number of hydrogen-bond acceptors (Lipinski definition) is 5. The maximum absolute atomic E-state index is 11.9. The van der Waals surface area contributed by atoms with Crippen LogP contribution in [0.1, 0.15) is 19.8 Å². The van der Waals surface area contributed by atoms with E-state index in [9.17, 15) is 8.42 Å². The van der Waals surface area contributed by atoms with Crippen molar-refractivity contribution in [2.24, 2.45) is 0 Å². The molecule has 0 bridgehead atoms. The van der Waals surface area contributed by atoms with Gasteiger partial charge in [-0.15, -0.1) is 0 Å². The Bertz CT molecular complexity index is 789. The zero-order valence-electron chi connectivity index (χ0n) is 12.2. The summed E-state index contributed by atoms with van der Waals surface area (Å²) < 4.78 is 31.4. The summed E-state index contributed by atoms with van der Waals surface area (Å²) >= 11 is 0. The van der Waals surface area contributed by atoms with Crippen molar-refractivity contribution in [3.8, 4) is 0 Å². The molecule has 3 rings (SSSR count). The molecule has 1 aromatic heterocycles. The lowest BCUT2D eigenvalue weighted by Gasteiger charge is -2.24. The summed E-state index contributed by atoms with van der Waals surface area (Å²) in [5.41, 5.74) is 6.89. The smallest absolute Gasteiger partial charge is 0.201 e. The maximum atomic E-state index is 11.9. The van der Waals surface area contributed by atoms with Crippen molar-refractivity contribution in [1.82, 2.24) is 9.55 Å². The first-order valence-electron chi connectivity index (χ1n) is 6.89. The highest BCUT2D eigenvalue weighted by molar-refractivity contribution is 7.91. The molecule has 2 heterocycles. The van der Waals surface area contributed by atoms with Crippen LogP contribution in [0.5, 0.6) is 0 Å². The van der Waals surface area contributed by atoms with Crippen LogP contribution in [-0.4, -0.2) is 36.4 Å². The van der Waals surface area contributed by atoms with Crippen molar-refractivity contribution in [2.75, 3.05) is 18.6 Å². The minimum Gasteiger partial charge on any atom is -0.373 e. The highest BCUT2D eigenvalue weighted by Crippen LogP contribution is 2.31. The Hall–Kier alpha value is -1.60. The van der Waals surface area contributed by atoms with Crippen molar-refractivity contribution in [2.45, 2.75) is 36.8 Å². The summed E-state index contributed by atoms with van der Waals surface area (Å²) in [5, 5.41) is 0. The largest absolute Gasteiger partial charge is 0.373 e. The Labute approximate surface area is 123 Å². The van der Waals surface area contributed by atoms with E-state index in [1.165, 1.54) is 6.26 Å². The summed E-state index contributed by atoms with van der Waals surface area (Å²) in [6, 6.07) is 5.11. The quantitative estimate of drug-likeness (QED) is 0.930. The average Bonchev–Trinajstić information content (AvgIpc) is 2.94. The average molecular weight is 309 g/mol. The molecule has 21 heavy (non-hydrogen) atoms. The van der Waals surface area contributed by atoms with Crippen LogP contribution in [0.3, 0.4) is 0 Å². The van der Waals surface area contributed by atoms with Crippen molar-refractivity contribution in [3.05, 3.63) is 18.2 Å². The van der Waals surface area contributed by atoms with Gasteiger partial charge in [-0.25, -0.2) is 13.4 Å². The fraction of sp³-hybridized carbons (Fsp3) is 0.500. The van der Waals surface area contributed by atoms with Gasteiger partial charge < -0.3 is 15.0 Å². The lowest BCUT2D eigenvalue weighted by Crippen LogP contribution is -2.30. The molecule has 114 valence electrons. The highest BCUT2D eigenvalue weighted by atomic mass is 32.2. The molecule has 7 heteroatoms. The molecule has 1 fully saturated rings. The third kappa shape index (κ3) is 2.51. The van der Waals surface area contributed by atoms with Crippen LogP contribution >= 0.6 is 0 Å². The number of nitrogens with zero attached hydrogens (tertiary/aromatic N) is 2. The fourth-order valence-corrected chi connectivity index (χ4v) is 3.73. The van der Waals surface area contributed by atoms with Gasteiger partial charge in [0.25, 0.3) is 0 Å². The van der Waals surface area contributed by atoms with Gasteiger partial charge in [-0.1, -0.05) is 6.07 Å². The van der Waals surface area contributed by atoms with Crippen LogP contribution in [0, 0.1) is 0 Å². The fourth-order valence-electron chi connectivity index (χ4n) is 2.90. The van der Waals surface area contributed by atoms with Gasteiger partial charge >= 0.3 is 0 Å². The monoisotopic (exact) mass is 309 g/mol. The van der Waals surface area contributed by atoms with E-state index in [2.05, 4.69) is 4.98 Å². The number of benzene rings is 1. The van der Waals surface area contributed by atoms with E-state index in [0.29, 0.717) is 18.0 Å². The van der Waals surface area contributed by atoms with Crippen LogP contribution in [0.2, 0.25) is 0 Å². The third-order valence-electron chi connectivity index (χ3n) is 3.96. The minimum absolute atomic E-state index is 0.211. The summed E-state index contributed by atoms with van der Waals surface area (Å²) in [5.74, 6) is 0.317. The molecule has 0 aliphatic carbocycles. The van der Waals surface area contributed by atoms with E-state index in [1.54, 1.807) is 12.1 Å². The van der Waals surface area contributed by atoms with Crippen molar-refractivity contribution in [3.63, 3.8) is 0 Å². The van der Waals surface area contributed by atoms with Gasteiger partial charge in [0, 0.05) is 12.9 Å². The number of hydrogen-bond donors (Lipinski definition) is 1. The number of anilines is 1. The number of para-hydroxylation sites is 1. The van der Waals surface area contributed by atoms with E-state index >= 15 is 0 Å². The molecule has 1 aromatic carbocycles. The van der Waals surface area contributed by atoms with Crippen LogP contribution < -0.4 is 5.73 Å². The molecule has 1 saturated heterocycles. The molecule has 0 radical (unpaired) electrons. The number of fused-ring (bicyclic) bond motifs is 1. The molecule has 2 aromatic rings. The number of nitrogen functional groups attached to an aromatic ring is 1. The Morgan fingerprint density at radius 3 is 2.86 bits per heavy atom. The van der Waals surface area contributed by atoms with Gasteiger partial charge in [-0.3, -0.25) is 0 Å². The van der Waals surface area contributed by atoms with Crippen LogP contribution in [0.25, 0.3) is 11.0 Å². The van der Waals surface area contributed by atoms with Crippen molar-refractivity contribution < 1.29 is 13.2 Å². The lowest BCUT2D eigenvalue weighted by molar-refractivity contribution is 0.00750. The van der Waals surface area contributed by atoms with Crippen molar-refractivity contribution >= 4 is 26.8 Å². The van der Waals surface area contributed by atoms with E-state index in [-0.39, 0.29) is 10.5 Å². The van der Waals surface area contributed by atoms with Gasteiger partial charge in [0.15, 0.2) is 9.84 Å². The molecule has 6 nitrogen and oxygen atoms in total. The highest BCUT2D eigenvalue weighted by Gasteiger charge is 2.31. The Kier molecular flexibility index (Phi) is 3.22. The first-order chi connectivity index (χ1) is 9.80. The molecule has 1 unspecified atom stereocenters. The molecule has 0 saturated carbocycles. The first-order valence-corrected chi connectivity index (χ1v) is 8.78. The second kappa shape index (κ2) is 4.71. The molecule has 1 aliphatic rings. The topological polar surface area (TPSA) is 87.2 Å². The summed E-state index contributed by atoms with van der Waals surface area (Å²) in [6.07, 6.45) is 3.16. The molecular formula is C14H19N3O3S. The predicted octanol–water partition coefficient (Wildman–Crippen LogP) is 1.59. The number of sulfone groups is 1. The van der Waals surface area contributed by atoms with Gasteiger partial charge in [-0.2, -0.15) is 0 Å². The molecular weight excluding hydrogens is 290 g/mol.